The van der Waals surface area contributed by atoms with Gasteiger partial charge in [-0.2, -0.15) is 0 Å². The van der Waals surface area contributed by atoms with Crippen LogP contribution in [0.25, 0.3) is 28.1 Å². The molecule has 3 N–H and O–H groups in total. The zero-order valence-electron chi connectivity index (χ0n) is 18.4. The molecule has 0 radical (unpaired) electrons. The third-order valence-electron chi connectivity index (χ3n) is 5.76. The van der Waals surface area contributed by atoms with Crippen molar-refractivity contribution < 1.29 is 9.59 Å². The van der Waals surface area contributed by atoms with E-state index in [-0.39, 0.29) is 5.91 Å². The minimum atomic E-state index is -0.487. The highest BCUT2D eigenvalue weighted by Gasteiger charge is 2.21. The van der Waals surface area contributed by atoms with E-state index in [0.717, 1.165) is 51.9 Å². The summed E-state index contributed by atoms with van der Waals surface area (Å²) >= 11 is 0. The third-order valence-corrected chi connectivity index (χ3v) is 5.76. The number of nitrogens with two attached hydrogens (primary N) is 1. The van der Waals surface area contributed by atoms with Crippen LogP contribution < -0.4 is 16.0 Å². The zero-order valence-corrected chi connectivity index (χ0v) is 18.4. The van der Waals surface area contributed by atoms with E-state index >= 15 is 0 Å². The molecule has 1 fully saturated rings. The van der Waals surface area contributed by atoms with Crippen molar-refractivity contribution in [1.82, 2.24) is 9.97 Å². The van der Waals surface area contributed by atoms with Crippen LogP contribution in [0.3, 0.4) is 0 Å². The molecule has 4 aromatic rings. The van der Waals surface area contributed by atoms with Crippen LogP contribution in [0.15, 0.2) is 79.0 Å². The number of benzene rings is 3. The number of nitrogens with one attached hydrogen (secondary N) is 1. The summed E-state index contributed by atoms with van der Waals surface area (Å²) in [6.45, 7) is 0.766. The number of primary amides is 1. The molecule has 0 aliphatic carbocycles. The van der Waals surface area contributed by atoms with E-state index < -0.39 is 5.91 Å². The largest absolute Gasteiger partial charge is 0.366 e. The molecule has 1 aliphatic rings. The van der Waals surface area contributed by atoms with Crippen molar-refractivity contribution in [3.05, 3.63) is 84.6 Å². The van der Waals surface area contributed by atoms with Crippen LogP contribution in [0.2, 0.25) is 0 Å². The van der Waals surface area contributed by atoms with E-state index in [1.807, 2.05) is 71.6 Å². The molecule has 2 heterocycles. The summed E-state index contributed by atoms with van der Waals surface area (Å²) in [5.74, 6) is 0.161. The van der Waals surface area contributed by atoms with Gasteiger partial charge in [0.05, 0.1) is 5.52 Å². The molecule has 1 saturated heterocycles. The Kier molecular flexibility index (Phi) is 5.74. The molecule has 0 unspecified atom stereocenters. The maximum atomic E-state index is 12.0. The molecule has 5 rings (SSSR count). The van der Waals surface area contributed by atoms with Gasteiger partial charge in [-0.25, -0.2) is 9.97 Å². The summed E-state index contributed by atoms with van der Waals surface area (Å²) in [7, 11) is 0. The number of nitrogens with zero attached hydrogens (tertiary/aromatic N) is 3. The van der Waals surface area contributed by atoms with Crippen LogP contribution in [0.4, 0.5) is 17.3 Å². The maximum Gasteiger partial charge on any atom is 0.241 e. The van der Waals surface area contributed by atoms with Crippen molar-refractivity contribution in [3.63, 3.8) is 0 Å². The van der Waals surface area contributed by atoms with E-state index in [1.165, 1.54) is 6.08 Å². The second-order valence-corrected chi connectivity index (χ2v) is 8.12. The second-order valence-electron chi connectivity index (χ2n) is 8.12. The summed E-state index contributed by atoms with van der Waals surface area (Å²) < 4.78 is 0. The minimum Gasteiger partial charge on any atom is -0.366 e. The van der Waals surface area contributed by atoms with Gasteiger partial charge in [-0.3, -0.25) is 9.59 Å². The van der Waals surface area contributed by atoms with Gasteiger partial charge in [0.25, 0.3) is 0 Å². The molecule has 3 aromatic carbocycles. The average Bonchev–Trinajstić information content (AvgIpc) is 3.29. The van der Waals surface area contributed by atoms with Crippen molar-refractivity contribution >= 4 is 46.1 Å². The molecule has 7 heteroatoms. The first-order valence-electron chi connectivity index (χ1n) is 11.1. The van der Waals surface area contributed by atoms with Gasteiger partial charge in [-0.15, -0.1) is 0 Å². The Hall–Kier alpha value is -4.52. The van der Waals surface area contributed by atoms with Gasteiger partial charge in [0.15, 0.2) is 0 Å². The van der Waals surface area contributed by atoms with Crippen molar-refractivity contribution in [1.29, 1.82) is 0 Å². The fourth-order valence-electron chi connectivity index (χ4n) is 4.11. The Balaban J connectivity index is 1.44. The standard InChI is InChI=1S/C27H23N5O2/c28-24(33)14-9-18-4-1-5-19(16-18)23-7-2-6-20-17-29-27(31-26(20)23)30-21-10-12-22(13-11-21)32-15-3-8-25(32)34/h1-2,4-7,9-14,16-17H,3,8,15H2,(H2,28,33)(H,29,30,31). The van der Waals surface area contributed by atoms with Gasteiger partial charge in [0.2, 0.25) is 17.8 Å². The van der Waals surface area contributed by atoms with Gasteiger partial charge in [0.1, 0.15) is 0 Å². The number of hydrogen-bond donors (Lipinski definition) is 2. The topological polar surface area (TPSA) is 101 Å². The highest BCUT2D eigenvalue weighted by molar-refractivity contribution is 5.96. The van der Waals surface area contributed by atoms with Gasteiger partial charge < -0.3 is 16.0 Å². The lowest BCUT2D eigenvalue weighted by Gasteiger charge is -2.16. The Morgan fingerprint density at radius 2 is 1.88 bits per heavy atom. The SMILES string of the molecule is NC(=O)C=Cc1cccc(-c2cccc3cnc(Nc4ccc(N5CCCC5=O)cc4)nc23)c1. The number of carbonyl (C=O) groups is 2. The van der Waals surface area contributed by atoms with Crippen LogP contribution in [0.5, 0.6) is 0 Å². The van der Waals surface area contributed by atoms with Crippen molar-refractivity contribution in [2.24, 2.45) is 5.73 Å². The van der Waals surface area contributed by atoms with Crippen molar-refractivity contribution in [2.75, 3.05) is 16.8 Å². The van der Waals surface area contributed by atoms with E-state index in [0.29, 0.717) is 12.4 Å². The lowest BCUT2D eigenvalue weighted by molar-refractivity contribution is -0.117. The lowest BCUT2D eigenvalue weighted by atomic mass is 10.0. The van der Waals surface area contributed by atoms with Gasteiger partial charge in [-0.05, 0) is 54.0 Å². The molecule has 168 valence electrons. The molecule has 1 aromatic heterocycles. The molecule has 2 amide bonds. The van der Waals surface area contributed by atoms with Crippen LogP contribution in [-0.2, 0) is 9.59 Å². The monoisotopic (exact) mass is 449 g/mol. The first-order valence-corrected chi connectivity index (χ1v) is 11.1. The molecule has 0 spiro atoms. The van der Waals surface area contributed by atoms with E-state index in [1.54, 1.807) is 12.3 Å². The van der Waals surface area contributed by atoms with Gasteiger partial charge in [-0.1, -0.05) is 36.4 Å². The summed E-state index contributed by atoms with van der Waals surface area (Å²) in [6, 6.07) is 21.5. The second kappa shape index (κ2) is 9.15. The Morgan fingerprint density at radius 1 is 1.06 bits per heavy atom. The van der Waals surface area contributed by atoms with E-state index in [4.69, 9.17) is 10.7 Å². The Labute approximate surface area is 196 Å². The number of rotatable bonds is 6. The molecule has 0 atom stereocenters. The molecule has 7 nitrogen and oxygen atoms in total. The molecular weight excluding hydrogens is 426 g/mol. The number of carbonyl (C=O) groups excluding carboxylic acids is 2. The number of hydrogen-bond acceptors (Lipinski definition) is 5. The van der Waals surface area contributed by atoms with Crippen LogP contribution >= 0.6 is 0 Å². The number of anilines is 3. The molecule has 0 saturated carbocycles. The summed E-state index contributed by atoms with van der Waals surface area (Å²) in [4.78, 5) is 34.1. The number of para-hydroxylation sites is 1. The number of amides is 2. The van der Waals surface area contributed by atoms with Crippen LogP contribution in [0, 0.1) is 0 Å². The quantitative estimate of drug-likeness (QED) is 0.417. The van der Waals surface area contributed by atoms with Gasteiger partial charge in [0, 0.05) is 47.6 Å². The third kappa shape index (κ3) is 4.49. The smallest absolute Gasteiger partial charge is 0.241 e. The predicted octanol–water partition coefficient (Wildman–Crippen LogP) is 4.67. The summed E-state index contributed by atoms with van der Waals surface area (Å²) in [5, 5.41) is 4.18. The fraction of sp³-hybridized carbons (Fsp3) is 0.111. The Bertz CT molecular complexity index is 1410. The maximum absolute atomic E-state index is 12.0. The first-order chi connectivity index (χ1) is 16.6. The first kappa shape index (κ1) is 21.3. The molecule has 0 bridgehead atoms. The predicted molar refractivity (Wildman–Crippen MR) is 135 cm³/mol. The minimum absolute atomic E-state index is 0.167. The Morgan fingerprint density at radius 3 is 2.65 bits per heavy atom. The van der Waals surface area contributed by atoms with Crippen molar-refractivity contribution in [3.8, 4) is 11.1 Å². The molecular formula is C27H23N5O2. The highest BCUT2D eigenvalue weighted by atomic mass is 16.2. The number of aromatic nitrogens is 2. The number of fused-ring (bicyclic) bond motifs is 1. The van der Waals surface area contributed by atoms with Crippen LogP contribution in [-0.4, -0.2) is 28.3 Å². The molecule has 1 aliphatic heterocycles. The normalized spacial score (nSPS) is 13.6. The van der Waals surface area contributed by atoms with Crippen molar-refractivity contribution in [2.45, 2.75) is 12.8 Å². The zero-order chi connectivity index (χ0) is 23.5. The van der Waals surface area contributed by atoms with E-state index in [2.05, 4.69) is 10.3 Å². The van der Waals surface area contributed by atoms with Gasteiger partial charge >= 0.3 is 0 Å². The van der Waals surface area contributed by atoms with E-state index in [9.17, 15) is 9.59 Å². The summed E-state index contributed by atoms with van der Waals surface area (Å²) in [5.41, 5.74) is 10.6. The highest BCUT2D eigenvalue weighted by Crippen LogP contribution is 2.29. The summed E-state index contributed by atoms with van der Waals surface area (Å²) in [6.07, 6.45) is 6.34. The average molecular weight is 450 g/mol. The lowest BCUT2D eigenvalue weighted by Crippen LogP contribution is -2.23. The van der Waals surface area contributed by atoms with Crippen LogP contribution in [0.1, 0.15) is 18.4 Å². The molecule has 34 heavy (non-hydrogen) atoms. The fourth-order valence-corrected chi connectivity index (χ4v) is 4.11.